The van der Waals surface area contributed by atoms with Crippen LogP contribution in [0, 0.1) is 0 Å². The molecule has 8 N–H and O–H groups in total. The van der Waals surface area contributed by atoms with Crippen molar-refractivity contribution in [2.75, 3.05) is 5.73 Å². The number of benzene rings is 1. The van der Waals surface area contributed by atoms with Crippen molar-refractivity contribution in [2.45, 2.75) is 11.7 Å². The van der Waals surface area contributed by atoms with Crippen LogP contribution in [0.3, 0.4) is 0 Å². The summed E-state index contributed by atoms with van der Waals surface area (Å²) in [5, 5.41) is 0. The molecule has 0 heterocycles. The van der Waals surface area contributed by atoms with Gasteiger partial charge in [0.1, 0.15) is 5.66 Å². The van der Waals surface area contributed by atoms with Crippen molar-refractivity contribution in [1.29, 1.82) is 0 Å². The van der Waals surface area contributed by atoms with Crippen LogP contribution in [0.5, 0.6) is 0 Å². The Hall–Kier alpha value is -1.33. The largest absolute Gasteiger partial charge is 0.399 e. The molecule has 0 aliphatic heterocycles. The van der Waals surface area contributed by atoms with E-state index in [0.29, 0.717) is 5.69 Å². The predicted molar refractivity (Wildman–Crippen MR) is 74.3 cm³/mol. The first-order chi connectivity index (χ1) is 7.50. The molecule has 1 aromatic rings. The molecule has 1 aliphatic rings. The number of nitrogens with two attached hydrogens (primary N) is 4. The zero-order valence-electron chi connectivity index (χ0n) is 9.34. The van der Waals surface area contributed by atoms with Gasteiger partial charge in [0.2, 0.25) is 0 Å². The molecule has 0 saturated heterocycles. The van der Waals surface area contributed by atoms with Crippen LogP contribution in [0.25, 0.3) is 5.57 Å². The van der Waals surface area contributed by atoms with E-state index in [9.17, 15) is 0 Å². The fourth-order valence-corrected chi connectivity index (χ4v) is 1.79. The fourth-order valence-electron chi connectivity index (χ4n) is 1.79. The van der Waals surface area contributed by atoms with E-state index in [2.05, 4.69) is 0 Å². The third-order valence-corrected chi connectivity index (χ3v) is 2.75. The SMILES string of the molecule is Cl.Nc1cccc(C2=CC=CC(N)(N)C2N)c1. The molecule has 92 valence electrons. The topological polar surface area (TPSA) is 104 Å². The average Bonchev–Trinajstić information content (AvgIpc) is 2.22. The van der Waals surface area contributed by atoms with Crippen molar-refractivity contribution in [3.05, 3.63) is 48.1 Å². The van der Waals surface area contributed by atoms with Gasteiger partial charge in [-0.15, -0.1) is 12.4 Å². The molecule has 0 saturated carbocycles. The minimum absolute atomic E-state index is 0. The first kappa shape index (κ1) is 13.7. The van der Waals surface area contributed by atoms with Crippen molar-refractivity contribution in [3.8, 4) is 0 Å². The van der Waals surface area contributed by atoms with Gasteiger partial charge in [-0.2, -0.15) is 0 Å². The highest BCUT2D eigenvalue weighted by molar-refractivity contribution is 5.85. The summed E-state index contributed by atoms with van der Waals surface area (Å²) in [5.41, 5.74) is 25.1. The highest BCUT2D eigenvalue weighted by Crippen LogP contribution is 2.26. The number of anilines is 1. The van der Waals surface area contributed by atoms with Gasteiger partial charge in [0.15, 0.2) is 0 Å². The quantitative estimate of drug-likeness (QED) is 0.434. The lowest BCUT2D eigenvalue weighted by molar-refractivity contribution is 0.498. The lowest BCUT2D eigenvalue weighted by Crippen LogP contribution is -2.62. The second kappa shape index (κ2) is 4.89. The predicted octanol–water partition coefficient (Wildman–Crippen LogP) is 0.585. The van der Waals surface area contributed by atoms with Crippen LogP contribution in [-0.2, 0) is 0 Å². The van der Waals surface area contributed by atoms with Gasteiger partial charge < -0.3 is 22.9 Å². The summed E-state index contributed by atoms with van der Waals surface area (Å²) in [6.45, 7) is 0. The molecule has 0 bridgehead atoms. The van der Waals surface area contributed by atoms with Crippen LogP contribution in [0.15, 0.2) is 42.5 Å². The van der Waals surface area contributed by atoms with E-state index in [1.807, 2.05) is 36.4 Å². The Morgan fingerprint density at radius 3 is 2.53 bits per heavy atom. The highest BCUT2D eigenvalue weighted by atomic mass is 35.5. The van der Waals surface area contributed by atoms with E-state index in [0.717, 1.165) is 11.1 Å². The van der Waals surface area contributed by atoms with Gasteiger partial charge in [-0.05, 0) is 29.3 Å². The van der Waals surface area contributed by atoms with E-state index in [1.165, 1.54) is 0 Å². The first-order valence-corrected chi connectivity index (χ1v) is 5.09. The van der Waals surface area contributed by atoms with Gasteiger partial charge >= 0.3 is 0 Å². The Morgan fingerprint density at radius 2 is 1.88 bits per heavy atom. The third-order valence-electron chi connectivity index (χ3n) is 2.75. The second-order valence-electron chi connectivity index (χ2n) is 4.08. The standard InChI is InChI=1S/C12H16N4.ClH/c13-9-4-1-3-8(7-9)10-5-2-6-12(15,16)11(10)14;/h1-7,11H,13-16H2;1H. The maximum absolute atomic E-state index is 6.03. The van der Waals surface area contributed by atoms with Crippen molar-refractivity contribution in [1.82, 2.24) is 0 Å². The minimum atomic E-state index is -1.01. The summed E-state index contributed by atoms with van der Waals surface area (Å²) >= 11 is 0. The molecule has 4 nitrogen and oxygen atoms in total. The monoisotopic (exact) mass is 252 g/mol. The van der Waals surface area contributed by atoms with Gasteiger partial charge in [0.25, 0.3) is 0 Å². The van der Waals surface area contributed by atoms with Gasteiger partial charge in [-0.25, -0.2) is 0 Å². The molecule has 1 aliphatic carbocycles. The Balaban J connectivity index is 0.00000144. The van der Waals surface area contributed by atoms with Crippen molar-refractivity contribution in [3.63, 3.8) is 0 Å². The molecule has 1 aromatic carbocycles. The number of rotatable bonds is 1. The highest BCUT2D eigenvalue weighted by Gasteiger charge is 2.30. The summed E-state index contributed by atoms with van der Waals surface area (Å²) < 4.78 is 0. The molecule has 0 radical (unpaired) electrons. The summed E-state index contributed by atoms with van der Waals surface area (Å²) in [6, 6.07) is 7.08. The molecular formula is C12H17ClN4. The Morgan fingerprint density at radius 1 is 1.18 bits per heavy atom. The van der Waals surface area contributed by atoms with E-state index >= 15 is 0 Å². The summed E-state index contributed by atoms with van der Waals surface area (Å²) in [5.74, 6) is 0. The van der Waals surface area contributed by atoms with Crippen LogP contribution in [0.4, 0.5) is 5.69 Å². The van der Waals surface area contributed by atoms with Gasteiger partial charge in [-0.1, -0.05) is 24.3 Å². The fraction of sp³-hybridized carbons (Fsp3) is 0.167. The second-order valence-corrected chi connectivity index (χ2v) is 4.08. The Bertz CT molecular complexity index is 465. The molecule has 1 unspecified atom stereocenters. The van der Waals surface area contributed by atoms with Gasteiger partial charge in [0.05, 0.1) is 6.04 Å². The minimum Gasteiger partial charge on any atom is -0.399 e. The van der Waals surface area contributed by atoms with E-state index in [4.69, 9.17) is 22.9 Å². The maximum atomic E-state index is 6.03. The van der Waals surface area contributed by atoms with Crippen LogP contribution in [0.2, 0.25) is 0 Å². The number of nitrogen functional groups attached to an aromatic ring is 1. The van der Waals surface area contributed by atoms with Crippen LogP contribution in [0.1, 0.15) is 5.56 Å². The molecule has 0 fully saturated rings. The molecule has 2 rings (SSSR count). The normalized spacial score (nSPS) is 21.6. The third kappa shape index (κ3) is 2.68. The molecular weight excluding hydrogens is 236 g/mol. The van der Waals surface area contributed by atoms with Crippen molar-refractivity contribution >= 4 is 23.7 Å². The zero-order valence-corrected chi connectivity index (χ0v) is 10.2. The number of halogens is 1. The smallest absolute Gasteiger partial charge is 0.103 e. The Labute approximate surface area is 107 Å². The number of hydrogen-bond acceptors (Lipinski definition) is 4. The molecule has 0 aromatic heterocycles. The molecule has 1 atom stereocenters. The van der Waals surface area contributed by atoms with Crippen molar-refractivity contribution < 1.29 is 0 Å². The summed E-state index contributed by atoms with van der Waals surface area (Å²) in [7, 11) is 0. The van der Waals surface area contributed by atoms with Gasteiger partial charge in [0, 0.05) is 5.69 Å². The zero-order chi connectivity index (χ0) is 11.8. The maximum Gasteiger partial charge on any atom is 0.103 e. The van der Waals surface area contributed by atoms with Crippen LogP contribution in [-0.4, -0.2) is 11.7 Å². The molecule has 0 amide bonds. The number of allylic oxidation sites excluding steroid dienone is 2. The lowest BCUT2D eigenvalue weighted by atomic mass is 9.86. The molecule has 5 heteroatoms. The number of hydrogen-bond donors (Lipinski definition) is 4. The first-order valence-electron chi connectivity index (χ1n) is 5.09. The average molecular weight is 253 g/mol. The van der Waals surface area contributed by atoms with E-state index in [1.54, 1.807) is 6.08 Å². The van der Waals surface area contributed by atoms with E-state index in [-0.39, 0.29) is 12.4 Å². The van der Waals surface area contributed by atoms with Crippen LogP contribution < -0.4 is 22.9 Å². The summed E-state index contributed by atoms with van der Waals surface area (Å²) in [6.07, 6.45) is 5.44. The van der Waals surface area contributed by atoms with Gasteiger partial charge in [-0.3, -0.25) is 0 Å². The Kier molecular flexibility index (Phi) is 3.95. The van der Waals surface area contributed by atoms with Crippen molar-refractivity contribution in [2.24, 2.45) is 17.2 Å². The summed E-state index contributed by atoms with van der Waals surface area (Å²) in [4.78, 5) is 0. The van der Waals surface area contributed by atoms with E-state index < -0.39 is 11.7 Å². The molecule has 0 spiro atoms. The molecule has 17 heavy (non-hydrogen) atoms. The van der Waals surface area contributed by atoms with Crippen LogP contribution >= 0.6 is 12.4 Å². The lowest BCUT2D eigenvalue weighted by Gasteiger charge is -2.32.